The summed E-state index contributed by atoms with van der Waals surface area (Å²) in [6.45, 7) is 0.0653. The highest BCUT2D eigenvalue weighted by Gasteiger charge is 2.32. The van der Waals surface area contributed by atoms with Crippen LogP contribution in [0.4, 0.5) is 4.39 Å². The molecule has 0 bridgehead atoms. The van der Waals surface area contributed by atoms with Crippen LogP contribution in [-0.2, 0) is 13.0 Å². The second kappa shape index (κ2) is 11.3. The minimum atomic E-state index is -0.319. The molecule has 4 nitrogen and oxygen atoms in total. The third-order valence-corrected chi connectivity index (χ3v) is 9.84. The van der Waals surface area contributed by atoms with Crippen LogP contribution in [-0.4, -0.2) is 4.57 Å². The Morgan fingerprint density at radius 1 is 0.911 bits per heavy atom. The van der Waals surface area contributed by atoms with Crippen molar-refractivity contribution in [3.05, 3.63) is 173 Å². The summed E-state index contributed by atoms with van der Waals surface area (Å²) in [7, 11) is 0. The van der Waals surface area contributed by atoms with E-state index in [0.717, 1.165) is 51.6 Å². The van der Waals surface area contributed by atoms with Crippen LogP contribution < -0.4 is 19.6 Å². The van der Waals surface area contributed by atoms with Gasteiger partial charge in [0, 0.05) is 21.7 Å². The molecule has 0 fully saturated rings. The van der Waals surface area contributed by atoms with Gasteiger partial charge in [-0.05, 0) is 70.7 Å². The Morgan fingerprint density at radius 2 is 1.69 bits per heavy atom. The molecule has 5 aromatic carbocycles. The lowest BCUT2D eigenvalue weighted by molar-refractivity contribution is 0.299. The maximum absolute atomic E-state index is 14.4. The Labute approximate surface area is 267 Å². The molecule has 2 heterocycles. The summed E-state index contributed by atoms with van der Waals surface area (Å²) in [5, 5.41) is 2.60. The summed E-state index contributed by atoms with van der Waals surface area (Å²) in [6.07, 6.45) is 3.60. The van der Waals surface area contributed by atoms with Crippen molar-refractivity contribution in [1.82, 2.24) is 4.57 Å². The lowest BCUT2D eigenvalue weighted by Crippen LogP contribution is -2.38. The third-order valence-electron chi connectivity index (χ3n) is 8.61. The van der Waals surface area contributed by atoms with Crippen molar-refractivity contribution in [3.8, 4) is 5.75 Å². The fraction of sp³-hybridized carbons (Fsp3) is 0.105. The lowest BCUT2D eigenvalue weighted by Gasteiger charge is -2.30. The number of hydrogen-bond donors (Lipinski definition) is 0. The summed E-state index contributed by atoms with van der Waals surface area (Å²) >= 11 is 7.66. The largest absolute Gasteiger partial charge is 0.488 e. The first-order valence-electron chi connectivity index (χ1n) is 14.8. The number of fused-ring (bicyclic) bond motifs is 4. The van der Waals surface area contributed by atoms with Crippen molar-refractivity contribution in [3.63, 3.8) is 0 Å². The molecule has 220 valence electrons. The van der Waals surface area contributed by atoms with Crippen molar-refractivity contribution in [1.29, 1.82) is 0 Å². The zero-order valence-corrected chi connectivity index (χ0v) is 25.6. The average molecular weight is 629 g/mol. The van der Waals surface area contributed by atoms with E-state index in [1.165, 1.54) is 23.0 Å². The van der Waals surface area contributed by atoms with Gasteiger partial charge in [0.15, 0.2) is 4.80 Å². The van der Waals surface area contributed by atoms with Crippen molar-refractivity contribution in [2.75, 3.05) is 0 Å². The fourth-order valence-corrected chi connectivity index (χ4v) is 7.53. The number of benzene rings is 5. The number of rotatable bonds is 5. The fourth-order valence-electron chi connectivity index (χ4n) is 6.42. The molecule has 0 radical (unpaired) electrons. The Kier molecular flexibility index (Phi) is 6.96. The van der Waals surface area contributed by atoms with Crippen LogP contribution in [0.25, 0.3) is 22.5 Å². The molecule has 0 unspecified atom stereocenters. The van der Waals surface area contributed by atoms with Gasteiger partial charge in [-0.3, -0.25) is 9.36 Å². The zero-order chi connectivity index (χ0) is 30.5. The van der Waals surface area contributed by atoms with Crippen molar-refractivity contribution >= 4 is 45.5 Å². The highest BCUT2D eigenvalue weighted by atomic mass is 35.5. The summed E-state index contributed by atoms with van der Waals surface area (Å²) in [6, 6.07) is 34.3. The standard InChI is InChI=1S/C38H26ClFN2O2S/c39-27-17-13-25(14-18-27)36-30-19-15-24-8-2-5-11-29(24)35(30)41-38-42(36)37(43)34(45-38)21-31-28-10-4-1-7-23(28)16-20-33(31)44-22-26-9-3-6-12-32(26)40/h1-14,16-18,20-21,36H,15,19,22H2/b34-21+/t36-/m1/s1. The predicted octanol–water partition coefficient (Wildman–Crippen LogP) is 7.84. The van der Waals surface area contributed by atoms with Crippen LogP contribution in [0.3, 0.4) is 0 Å². The van der Waals surface area contributed by atoms with E-state index in [2.05, 4.69) is 18.2 Å². The van der Waals surface area contributed by atoms with Gasteiger partial charge in [0.2, 0.25) is 0 Å². The van der Waals surface area contributed by atoms with E-state index in [9.17, 15) is 9.18 Å². The smallest absolute Gasteiger partial charge is 0.271 e. The molecule has 45 heavy (non-hydrogen) atoms. The van der Waals surface area contributed by atoms with Crippen LogP contribution in [0.1, 0.15) is 40.3 Å². The summed E-state index contributed by atoms with van der Waals surface area (Å²) in [4.78, 5) is 20.2. The van der Waals surface area contributed by atoms with E-state index in [-0.39, 0.29) is 24.0 Å². The van der Waals surface area contributed by atoms with Crippen LogP contribution in [0.15, 0.2) is 125 Å². The van der Waals surface area contributed by atoms with E-state index in [1.807, 2.05) is 77.4 Å². The van der Waals surface area contributed by atoms with Gasteiger partial charge in [0.1, 0.15) is 18.2 Å². The number of aryl methyl sites for hydroxylation is 1. The Hall–Kier alpha value is -4.78. The molecule has 0 saturated heterocycles. The number of halogens is 2. The molecule has 0 N–H and O–H groups in total. The van der Waals surface area contributed by atoms with Gasteiger partial charge in [-0.25, -0.2) is 9.38 Å². The van der Waals surface area contributed by atoms with Gasteiger partial charge >= 0.3 is 0 Å². The van der Waals surface area contributed by atoms with Gasteiger partial charge < -0.3 is 4.74 Å². The van der Waals surface area contributed by atoms with E-state index in [0.29, 0.717) is 25.7 Å². The first-order valence-corrected chi connectivity index (χ1v) is 16.0. The third kappa shape index (κ3) is 4.91. The molecule has 8 rings (SSSR count). The minimum Gasteiger partial charge on any atom is -0.488 e. The van der Waals surface area contributed by atoms with Crippen molar-refractivity contribution in [2.24, 2.45) is 4.99 Å². The molecule has 0 saturated carbocycles. The molecule has 1 aliphatic heterocycles. The lowest BCUT2D eigenvalue weighted by atomic mass is 9.83. The number of hydrogen-bond acceptors (Lipinski definition) is 4. The van der Waals surface area contributed by atoms with Crippen molar-refractivity contribution < 1.29 is 9.13 Å². The average Bonchev–Trinajstić information content (AvgIpc) is 3.38. The van der Waals surface area contributed by atoms with Gasteiger partial charge in [-0.15, -0.1) is 0 Å². The Morgan fingerprint density at radius 3 is 2.56 bits per heavy atom. The predicted molar refractivity (Wildman–Crippen MR) is 179 cm³/mol. The number of aromatic nitrogens is 1. The molecule has 1 aliphatic carbocycles. The quantitative estimate of drug-likeness (QED) is 0.195. The maximum atomic E-state index is 14.4. The van der Waals surface area contributed by atoms with Gasteiger partial charge in [-0.2, -0.15) is 0 Å². The van der Waals surface area contributed by atoms with Crippen LogP contribution in [0.2, 0.25) is 5.02 Å². The normalized spacial score (nSPS) is 15.8. The second-order valence-corrected chi connectivity index (χ2v) is 12.7. The van der Waals surface area contributed by atoms with Gasteiger partial charge in [0.25, 0.3) is 5.56 Å². The highest BCUT2D eigenvalue weighted by Crippen LogP contribution is 2.41. The molecule has 1 aromatic heterocycles. The van der Waals surface area contributed by atoms with E-state index < -0.39 is 0 Å². The first kappa shape index (κ1) is 27.7. The van der Waals surface area contributed by atoms with Gasteiger partial charge in [-0.1, -0.05) is 108 Å². The van der Waals surface area contributed by atoms with E-state index >= 15 is 0 Å². The molecule has 2 aliphatic rings. The first-order chi connectivity index (χ1) is 22.0. The topological polar surface area (TPSA) is 43.6 Å². The Balaban J connectivity index is 1.33. The van der Waals surface area contributed by atoms with Crippen LogP contribution >= 0.6 is 22.9 Å². The van der Waals surface area contributed by atoms with E-state index in [1.54, 1.807) is 18.2 Å². The van der Waals surface area contributed by atoms with Crippen molar-refractivity contribution in [2.45, 2.75) is 25.5 Å². The van der Waals surface area contributed by atoms with Crippen LogP contribution in [0.5, 0.6) is 5.75 Å². The monoisotopic (exact) mass is 628 g/mol. The SMILES string of the molecule is O=c1/c(=C\c2c(OCc3ccccc3F)ccc3ccccc23)sc2n1[C@H](c1ccc(Cl)cc1)C1=C(N=2)c2ccccc2CC1. The number of allylic oxidation sites excluding steroid dienone is 1. The molecule has 0 spiro atoms. The summed E-state index contributed by atoms with van der Waals surface area (Å²) < 4.78 is 23.0. The highest BCUT2D eigenvalue weighted by molar-refractivity contribution is 7.07. The molecule has 0 amide bonds. The van der Waals surface area contributed by atoms with Crippen LogP contribution in [0, 0.1) is 5.82 Å². The number of ether oxygens (including phenoxy) is 1. The molecule has 6 aromatic rings. The molecular formula is C38H26ClFN2O2S. The number of thiazole rings is 1. The van der Waals surface area contributed by atoms with E-state index in [4.69, 9.17) is 21.3 Å². The zero-order valence-electron chi connectivity index (χ0n) is 24.0. The maximum Gasteiger partial charge on any atom is 0.271 e. The minimum absolute atomic E-state index is 0.0653. The Bertz CT molecular complexity index is 2340. The number of nitrogens with zero attached hydrogens (tertiary/aromatic N) is 2. The van der Waals surface area contributed by atoms with Gasteiger partial charge in [0.05, 0.1) is 16.3 Å². The molecular weight excluding hydrogens is 603 g/mol. The molecule has 1 atom stereocenters. The second-order valence-electron chi connectivity index (χ2n) is 11.2. The summed E-state index contributed by atoms with van der Waals surface area (Å²) in [5.74, 6) is 0.256. The molecule has 7 heteroatoms. The summed E-state index contributed by atoms with van der Waals surface area (Å²) in [5.41, 5.74) is 6.58.